The first-order valence-electron chi connectivity index (χ1n) is 22.5. The fraction of sp³-hybridized carbons (Fsp3) is 0.480. The third-order valence-electron chi connectivity index (χ3n) is 11.7. The minimum atomic E-state index is -1.61. The van der Waals surface area contributed by atoms with Crippen molar-refractivity contribution in [3.63, 3.8) is 0 Å². The number of ether oxygens (including phenoxy) is 6. The maximum absolute atomic E-state index is 12.3. The van der Waals surface area contributed by atoms with Crippen molar-refractivity contribution >= 4 is 11.9 Å². The number of aliphatic hydroxyl groups is 8. The molecule has 0 amide bonds. The number of hydrogen-bond acceptors (Lipinski definition) is 16. The van der Waals surface area contributed by atoms with Crippen LogP contribution in [0.25, 0.3) is 22.3 Å². The predicted molar refractivity (Wildman–Crippen MR) is 239 cm³/mol. The van der Waals surface area contributed by atoms with Gasteiger partial charge in [-0.05, 0) is 97.2 Å². The van der Waals surface area contributed by atoms with Gasteiger partial charge >= 0.3 is 11.9 Å². The molecule has 6 rings (SSSR count). The van der Waals surface area contributed by atoms with Crippen LogP contribution in [0.15, 0.2) is 84.9 Å². The second kappa shape index (κ2) is 24.2. The molecule has 0 saturated carbocycles. The summed E-state index contributed by atoms with van der Waals surface area (Å²) in [5.74, 6) is -0.0775. The molecule has 2 aliphatic heterocycles. The van der Waals surface area contributed by atoms with Gasteiger partial charge in [0.15, 0.2) is 0 Å². The summed E-state index contributed by atoms with van der Waals surface area (Å²) in [5, 5.41) is 82.3. The van der Waals surface area contributed by atoms with Crippen molar-refractivity contribution in [1.82, 2.24) is 0 Å². The Bertz CT molecular complexity index is 2040. The minimum Gasteiger partial charge on any atom is -0.466 e. The highest BCUT2D eigenvalue weighted by Crippen LogP contribution is 2.37. The maximum atomic E-state index is 12.3. The van der Waals surface area contributed by atoms with Crippen molar-refractivity contribution in [2.45, 2.75) is 127 Å². The summed E-state index contributed by atoms with van der Waals surface area (Å²) in [6, 6.07) is 26.0. The zero-order valence-electron chi connectivity index (χ0n) is 37.2. The lowest BCUT2D eigenvalue weighted by Crippen LogP contribution is -2.60. The first kappa shape index (κ1) is 50.4. The summed E-state index contributed by atoms with van der Waals surface area (Å²) in [7, 11) is 0. The van der Waals surface area contributed by atoms with E-state index in [2.05, 4.69) is 0 Å². The van der Waals surface area contributed by atoms with E-state index >= 15 is 0 Å². The average molecular weight is 919 g/mol. The van der Waals surface area contributed by atoms with Gasteiger partial charge in [0.25, 0.3) is 0 Å². The van der Waals surface area contributed by atoms with Crippen LogP contribution in [0.2, 0.25) is 0 Å². The van der Waals surface area contributed by atoms with Gasteiger partial charge in [-0.3, -0.25) is 9.59 Å². The highest BCUT2D eigenvalue weighted by Gasteiger charge is 2.46. The van der Waals surface area contributed by atoms with E-state index in [1.165, 1.54) is 0 Å². The Morgan fingerprint density at radius 3 is 1.29 bits per heavy atom. The number of aryl methyl sites for hydroxylation is 2. The monoisotopic (exact) mass is 918 g/mol. The maximum Gasteiger partial charge on any atom is 0.310 e. The van der Waals surface area contributed by atoms with Gasteiger partial charge in [-0.25, -0.2) is 0 Å². The highest BCUT2D eigenvalue weighted by molar-refractivity contribution is 5.77. The molecule has 0 unspecified atom stereocenters. The van der Waals surface area contributed by atoms with Crippen LogP contribution in [-0.2, 0) is 54.2 Å². The van der Waals surface area contributed by atoms with Gasteiger partial charge in [-0.15, -0.1) is 0 Å². The molecule has 2 heterocycles. The van der Waals surface area contributed by atoms with Crippen LogP contribution >= 0.6 is 0 Å². The van der Waals surface area contributed by atoms with E-state index in [0.717, 1.165) is 71.9 Å². The number of hydrogen-bond donors (Lipinski definition) is 8. The minimum absolute atomic E-state index is 0.0654. The van der Waals surface area contributed by atoms with Gasteiger partial charge in [0.2, 0.25) is 12.6 Å². The van der Waals surface area contributed by atoms with Crippen molar-refractivity contribution in [2.75, 3.05) is 26.4 Å². The van der Waals surface area contributed by atoms with E-state index in [1.807, 2.05) is 72.8 Å². The van der Waals surface area contributed by atoms with Crippen LogP contribution in [0.1, 0.15) is 61.8 Å². The van der Waals surface area contributed by atoms with E-state index in [1.54, 1.807) is 26.0 Å². The Kier molecular flexibility index (Phi) is 18.5. The molecule has 2 aliphatic rings. The molecule has 16 nitrogen and oxygen atoms in total. The number of carbonyl (C=O) groups is 2. The van der Waals surface area contributed by atoms with Gasteiger partial charge in [0, 0.05) is 11.1 Å². The quantitative estimate of drug-likeness (QED) is 0.0442. The van der Waals surface area contributed by atoms with Crippen molar-refractivity contribution in [2.24, 2.45) is 0 Å². The van der Waals surface area contributed by atoms with Gasteiger partial charge in [-0.1, -0.05) is 73.5 Å². The largest absolute Gasteiger partial charge is 0.466 e. The van der Waals surface area contributed by atoms with Gasteiger partial charge < -0.3 is 69.3 Å². The summed E-state index contributed by atoms with van der Waals surface area (Å²) in [5.41, 5.74) is 6.22. The second-order valence-corrected chi connectivity index (χ2v) is 16.6. The van der Waals surface area contributed by atoms with E-state index in [-0.39, 0.29) is 38.0 Å². The number of rotatable bonds is 21. The Balaban J connectivity index is 1.14. The number of aliphatic hydroxyl groups excluding tert-OH is 8. The molecular weight excluding hydrogens is 857 g/mol. The number of carbonyl (C=O) groups excluding carboxylic acids is 2. The van der Waals surface area contributed by atoms with Gasteiger partial charge in [-0.2, -0.15) is 0 Å². The molecule has 0 spiro atoms. The van der Waals surface area contributed by atoms with Crippen molar-refractivity contribution in [3.05, 3.63) is 107 Å². The normalized spacial score (nSPS) is 25.2. The molecule has 2 fully saturated rings. The average Bonchev–Trinajstić information content (AvgIpc) is 3.31. The molecular formula is C50H62O16. The predicted octanol–water partition coefficient (Wildman–Crippen LogP) is 2.93. The molecule has 10 atom stereocenters. The van der Waals surface area contributed by atoms with E-state index in [4.69, 9.17) is 28.4 Å². The molecule has 0 aliphatic carbocycles. The molecule has 2 saturated heterocycles. The third-order valence-corrected chi connectivity index (χ3v) is 11.7. The smallest absolute Gasteiger partial charge is 0.310 e. The van der Waals surface area contributed by atoms with Crippen molar-refractivity contribution < 1.29 is 78.9 Å². The lowest BCUT2D eigenvalue weighted by Gasteiger charge is -2.39. The van der Waals surface area contributed by atoms with E-state index in [0.29, 0.717) is 22.6 Å². The second-order valence-electron chi connectivity index (χ2n) is 16.6. The molecule has 4 aromatic carbocycles. The summed E-state index contributed by atoms with van der Waals surface area (Å²) in [6.45, 7) is 2.80. The van der Waals surface area contributed by atoms with Crippen molar-refractivity contribution in [1.29, 1.82) is 0 Å². The Morgan fingerprint density at radius 2 is 0.909 bits per heavy atom. The van der Waals surface area contributed by atoms with Gasteiger partial charge in [0.05, 0.1) is 39.3 Å². The van der Waals surface area contributed by atoms with Crippen LogP contribution in [0.3, 0.4) is 0 Å². The SMILES string of the molecule is CCOC(=O)Cc1cccc(-c2cc(CCCCCCc3ccc(O[C@H]4O[C@H](CO)[C@@H](O)[C@H](O)[C@@H]4O)c(-c4cccc(CC(=O)OCC)c4)c3)ccc2O[C@H]2O[C@H](CO)[C@@H](O)[C@H](O)[C@@H]2O)c1. The van der Waals surface area contributed by atoms with Crippen molar-refractivity contribution in [3.8, 4) is 33.8 Å². The van der Waals surface area contributed by atoms with E-state index < -0.39 is 74.6 Å². The molecule has 0 aromatic heterocycles. The molecule has 16 heteroatoms. The Morgan fingerprint density at radius 1 is 0.500 bits per heavy atom. The Labute approximate surface area is 383 Å². The topological polar surface area (TPSA) is 251 Å². The first-order chi connectivity index (χ1) is 31.8. The summed E-state index contributed by atoms with van der Waals surface area (Å²) >= 11 is 0. The number of unbranched alkanes of at least 4 members (excludes halogenated alkanes) is 3. The summed E-state index contributed by atoms with van der Waals surface area (Å²) in [4.78, 5) is 24.6. The fourth-order valence-electron chi connectivity index (χ4n) is 8.17. The lowest BCUT2D eigenvalue weighted by atomic mass is 9.95. The molecule has 8 N–H and O–H groups in total. The fourth-order valence-corrected chi connectivity index (χ4v) is 8.17. The molecule has 358 valence electrons. The third kappa shape index (κ3) is 12.9. The Hall–Kier alpha value is -4.98. The highest BCUT2D eigenvalue weighted by atomic mass is 16.7. The first-order valence-corrected chi connectivity index (χ1v) is 22.5. The summed E-state index contributed by atoms with van der Waals surface area (Å²) in [6.07, 6.45) is -9.45. The molecule has 0 radical (unpaired) electrons. The summed E-state index contributed by atoms with van der Waals surface area (Å²) < 4.78 is 33.9. The number of esters is 2. The van der Waals surface area contributed by atoms with Crippen LogP contribution in [0, 0.1) is 0 Å². The van der Waals surface area contributed by atoms with Crippen LogP contribution in [0.5, 0.6) is 11.5 Å². The van der Waals surface area contributed by atoms with Crippen LogP contribution < -0.4 is 9.47 Å². The molecule has 0 bridgehead atoms. The standard InChI is InChI=1S/C50H62O16/c1-3-61-41(53)25-31-13-9-15-33(21-31)35-23-29(17-19-37(35)63-49-47(59)45(57)43(55)39(27-51)65-49)11-7-5-6-8-12-30-18-20-38(64-50-48(60)46(58)44(56)40(28-52)66-50)36(24-30)34-16-10-14-32(22-34)26-42(54)62-4-2/h9-10,13-24,39-40,43-52,55-60H,3-8,11-12,25-28H2,1-2H3/t39-,40-,43-,44-,45+,46+,47+,48+,49+,50+/m1/s1. The zero-order valence-corrected chi connectivity index (χ0v) is 37.2. The van der Waals surface area contributed by atoms with Gasteiger partial charge in [0.1, 0.15) is 60.3 Å². The van der Waals surface area contributed by atoms with Crippen LogP contribution in [0.4, 0.5) is 0 Å². The number of benzene rings is 4. The molecule has 4 aromatic rings. The lowest BCUT2D eigenvalue weighted by molar-refractivity contribution is -0.277. The zero-order chi connectivity index (χ0) is 47.3. The van der Waals surface area contributed by atoms with E-state index in [9.17, 15) is 50.4 Å². The van der Waals surface area contributed by atoms with Crippen LogP contribution in [-0.4, -0.2) is 141 Å². The molecule has 66 heavy (non-hydrogen) atoms.